The smallest absolute Gasteiger partial charge is 0.261 e. The fourth-order valence-corrected chi connectivity index (χ4v) is 6.07. The Kier molecular flexibility index (Phi) is 8.04. The number of carbonyl (C=O) groups excluding carboxylic acids is 4. The number of thiophene rings is 1. The van der Waals surface area contributed by atoms with Crippen LogP contribution in [0.25, 0.3) is 0 Å². The van der Waals surface area contributed by atoms with E-state index < -0.39 is 11.5 Å². The van der Waals surface area contributed by atoms with Gasteiger partial charge in [-0.1, -0.05) is 45.2 Å². The van der Waals surface area contributed by atoms with Gasteiger partial charge in [-0.15, -0.1) is 11.3 Å². The van der Waals surface area contributed by atoms with Crippen molar-refractivity contribution < 1.29 is 19.2 Å². The number of amides is 4. The van der Waals surface area contributed by atoms with Crippen molar-refractivity contribution in [3.8, 4) is 0 Å². The molecule has 0 radical (unpaired) electrons. The van der Waals surface area contributed by atoms with Crippen LogP contribution in [0, 0.1) is 11.3 Å². The summed E-state index contributed by atoms with van der Waals surface area (Å²) in [4.78, 5) is 52.2. The van der Waals surface area contributed by atoms with Crippen LogP contribution in [0.4, 0.5) is 0 Å². The zero-order valence-corrected chi connectivity index (χ0v) is 21.7. The third kappa shape index (κ3) is 5.72. The van der Waals surface area contributed by atoms with Crippen LogP contribution in [-0.4, -0.2) is 47.2 Å². The molecule has 176 valence electrons. The van der Waals surface area contributed by atoms with Crippen LogP contribution in [-0.2, 0) is 14.4 Å². The van der Waals surface area contributed by atoms with Crippen molar-refractivity contribution in [2.75, 3.05) is 6.54 Å². The second-order valence-electron chi connectivity index (χ2n) is 9.53. The lowest BCUT2D eigenvalue weighted by molar-refractivity contribution is -0.151. The first-order valence-electron chi connectivity index (χ1n) is 10.9. The maximum Gasteiger partial charge on any atom is 0.261 e. The monoisotopic (exact) mass is 545 g/mol. The van der Waals surface area contributed by atoms with Crippen LogP contribution in [0.1, 0.15) is 69.0 Å². The van der Waals surface area contributed by atoms with Crippen molar-refractivity contribution in [2.45, 2.75) is 71.4 Å². The Morgan fingerprint density at radius 2 is 1.84 bits per heavy atom. The molecule has 2 fully saturated rings. The molecular formula is C22H29BrClN3O4S. The lowest BCUT2D eigenvalue weighted by Gasteiger charge is -2.38. The molecule has 0 bridgehead atoms. The van der Waals surface area contributed by atoms with E-state index in [1.165, 1.54) is 11.3 Å². The van der Waals surface area contributed by atoms with Gasteiger partial charge < -0.3 is 10.6 Å². The molecule has 0 spiro atoms. The normalized spacial score (nSPS) is 22.7. The Labute approximate surface area is 205 Å². The quantitative estimate of drug-likeness (QED) is 0.525. The van der Waals surface area contributed by atoms with Gasteiger partial charge in [0.05, 0.1) is 4.88 Å². The highest BCUT2D eigenvalue weighted by Crippen LogP contribution is 2.33. The molecule has 1 aromatic rings. The number of halogens is 2. The molecule has 0 aromatic carbocycles. The summed E-state index contributed by atoms with van der Waals surface area (Å²) >= 11 is 10.6. The van der Waals surface area contributed by atoms with Crippen molar-refractivity contribution in [3.63, 3.8) is 0 Å². The Bertz CT molecular complexity index is 878. The summed E-state index contributed by atoms with van der Waals surface area (Å²) in [5.74, 6) is -1.02. The van der Waals surface area contributed by atoms with E-state index in [1.807, 2.05) is 20.8 Å². The number of nitrogens with zero attached hydrogens (tertiary/aromatic N) is 1. The third-order valence-electron chi connectivity index (χ3n) is 6.05. The molecule has 2 heterocycles. The molecule has 2 N–H and O–H groups in total. The second kappa shape index (κ2) is 10.2. The van der Waals surface area contributed by atoms with Crippen LogP contribution in [0.5, 0.6) is 0 Å². The maximum atomic E-state index is 13.3. The summed E-state index contributed by atoms with van der Waals surface area (Å²) in [6.45, 7) is 6.01. The van der Waals surface area contributed by atoms with Crippen molar-refractivity contribution in [1.29, 1.82) is 0 Å². The molecule has 1 aliphatic carbocycles. The van der Waals surface area contributed by atoms with Gasteiger partial charge in [0.25, 0.3) is 5.91 Å². The highest BCUT2D eigenvalue weighted by atomic mass is 79.9. The van der Waals surface area contributed by atoms with Crippen LogP contribution >= 0.6 is 38.9 Å². The summed E-state index contributed by atoms with van der Waals surface area (Å²) < 4.78 is 1.22. The molecule has 10 heteroatoms. The lowest BCUT2D eigenvalue weighted by atomic mass is 9.82. The molecule has 3 unspecified atom stereocenters. The lowest BCUT2D eigenvalue weighted by Crippen LogP contribution is -2.58. The number of hydrogen-bond donors (Lipinski definition) is 2. The van der Waals surface area contributed by atoms with Gasteiger partial charge >= 0.3 is 0 Å². The van der Waals surface area contributed by atoms with Gasteiger partial charge in [0.15, 0.2) is 0 Å². The first kappa shape index (κ1) is 25.2. The van der Waals surface area contributed by atoms with E-state index in [2.05, 4.69) is 26.6 Å². The summed E-state index contributed by atoms with van der Waals surface area (Å²) in [6.07, 6.45) is 3.97. The predicted molar refractivity (Wildman–Crippen MR) is 128 cm³/mol. The van der Waals surface area contributed by atoms with Gasteiger partial charge in [0.2, 0.25) is 17.7 Å². The number of rotatable bonds is 6. The van der Waals surface area contributed by atoms with Crippen molar-refractivity contribution >= 4 is 62.5 Å². The molecular weight excluding hydrogens is 518 g/mol. The SMILES string of the molecule is CC(C)(C)C(C(=O)NC1CCCCC1CNC(=O)c1cc(Br)c(Cl)s1)N1C(=O)CCC1=O. The van der Waals surface area contributed by atoms with Crippen LogP contribution in [0.15, 0.2) is 10.5 Å². The molecule has 3 atom stereocenters. The van der Waals surface area contributed by atoms with Crippen molar-refractivity contribution in [1.82, 2.24) is 15.5 Å². The Balaban J connectivity index is 1.67. The average Bonchev–Trinajstić information content (AvgIpc) is 3.22. The van der Waals surface area contributed by atoms with Gasteiger partial charge in [-0.25, -0.2) is 0 Å². The van der Waals surface area contributed by atoms with E-state index in [4.69, 9.17) is 11.6 Å². The molecule has 2 aliphatic rings. The topological polar surface area (TPSA) is 95.6 Å². The van der Waals surface area contributed by atoms with Gasteiger partial charge in [-0.2, -0.15) is 0 Å². The van der Waals surface area contributed by atoms with Crippen molar-refractivity contribution in [2.24, 2.45) is 11.3 Å². The van der Waals surface area contributed by atoms with Gasteiger partial charge in [-0.3, -0.25) is 24.1 Å². The molecule has 32 heavy (non-hydrogen) atoms. The Morgan fingerprint density at radius 1 is 1.22 bits per heavy atom. The van der Waals surface area contributed by atoms with Crippen LogP contribution in [0.3, 0.4) is 0 Å². The number of likely N-dealkylation sites (tertiary alicyclic amines) is 1. The van der Waals surface area contributed by atoms with E-state index >= 15 is 0 Å². The van der Waals surface area contributed by atoms with E-state index in [0.717, 1.165) is 30.6 Å². The number of hydrogen-bond acceptors (Lipinski definition) is 5. The number of imide groups is 1. The zero-order valence-electron chi connectivity index (χ0n) is 18.5. The standard InChI is InChI=1S/C22H29BrClN3O4S/c1-22(2,3)18(27-16(28)8-9-17(27)29)21(31)26-14-7-5-4-6-12(14)11-25-20(30)15-10-13(23)19(24)32-15/h10,12,14,18H,4-9,11H2,1-3H3,(H,25,30)(H,26,31). The average molecular weight is 547 g/mol. The first-order chi connectivity index (χ1) is 15.0. The number of nitrogens with one attached hydrogen (secondary N) is 2. The Hall–Kier alpha value is -1.45. The molecule has 7 nitrogen and oxygen atoms in total. The van der Waals surface area contributed by atoms with Gasteiger partial charge in [-0.05, 0) is 46.2 Å². The molecule has 1 aromatic heterocycles. The highest BCUT2D eigenvalue weighted by Gasteiger charge is 2.45. The zero-order chi connectivity index (χ0) is 23.6. The minimum absolute atomic E-state index is 0.0705. The Morgan fingerprint density at radius 3 is 2.41 bits per heavy atom. The van der Waals surface area contributed by atoms with Crippen molar-refractivity contribution in [3.05, 3.63) is 19.8 Å². The molecule has 1 aliphatic heterocycles. The maximum absolute atomic E-state index is 13.3. The van der Waals surface area contributed by atoms with E-state index in [-0.39, 0.29) is 48.4 Å². The minimum Gasteiger partial charge on any atom is -0.351 e. The third-order valence-corrected chi connectivity index (χ3v) is 8.52. The van der Waals surface area contributed by atoms with Gasteiger partial charge in [0, 0.05) is 29.9 Å². The predicted octanol–water partition coefficient (Wildman–Crippen LogP) is 4.13. The number of carbonyl (C=O) groups is 4. The highest BCUT2D eigenvalue weighted by molar-refractivity contribution is 9.10. The van der Waals surface area contributed by atoms with E-state index in [9.17, 15) is 19.2 Å². The summed E-state index contributed by atoms with van der Waals surface area (Å²) in [6, 6.07) is 0.709. The molecule has 4 amide bonds. The fourth-order valence-electron chi connectivity index (χ4n) is 4.45. The molecule has 1 saturated heterocycles. The van der Waals surface area contributed by atoms with E-state index in [0.29, 0.717) is 20.2 Å². The van der Waals surface area contributed by atoms with Gasteiger partial charge in [0.1, 0.15) is 10.4 Å². The fraction of sp³-hybridized carbons (Fsp3) is 0.636. The van der Waals surface area contributed by atoms with E-state index in [1.54, 1.807) is 6.07 Å². The minimum atomic E-state index is -0.854. The molecule has 1 saturated carbocycles. The molecule has 3 rings (SSSR count). The summed E-state index contributed by atoms with van der Waals surface area (Å²) in [7, 11) is 0. The first-order valence-corrected chi connectivity index (χ1v) is 12.9. The second-order valence-corrected chi connectivity index (χ2v) is 12.0. The largest absolute Gasteiger partial charge is 0.351 e. The summed E-state index contributed by atoms with van der Waals surface area (Å²) in [5.41, 5.74) is -0.593. The van der Waals surface area contributed by atoms with Crippen LogP contribution in [0.2, 0.25) is 4.34 Å². The summed E-state index contributed by atoms with van der Waals surface area (Å²) in [5, 5.41) is 6.07. The van der Waals surface area contributed by atoms with Crippen LogP contribution < -0.4 is 10.6 Å².